The molecule has 0 unspecified atom stereocenters. The SMILES string of the molecule is CC(=Nc1ccccc1)C(NC(=O)COC(=O)Cc1cccnc1C)=C(C)N. The van der Waals surface area contributed by atoms with E-state index in [2.05, 4.69) is 15.3 Å². The van der Waals surface area contributed by atoms with Crippen LogP contribution >= 0.6 is 0 Å². The maximum Gasteiger partial charge on any atom is 0.310 e. The van der Waals surface area contributed by atoms with Gasteiger partial charge in [0.2, 0.25) is 0 Å². The van der Waals surface area contributed by atoms with Gasteiger partial charge in [0.25, 0.3) is 5.91 Å². The summed E-state index contributed by atoms with van der Waals surface area (Å²) in [6, 6.07) is 12.9. The van der Waals surface area contributed by atoms with E-state index in [9.17, 15) is 9.59 Å². The molecule has 1 aromatic carbocycles. The molecule has 0 fully saturated rings. The van der Waals surface area contributed by atoms with Crippen molar-refractivity contribution in [2.24, 2.45) is 10.7 Å². The monoisotopic (exact) mass is 380 g/mol. The van der Waals surface area contributed by atoms with Crippen molar-refractivity contribution in [3.05, 3.63) is 71.3 Å². The van der Waals surface area contributed by atoms with Crippen LogP contribution in [0.1, 0.15) is 25.1 Å². The van der Waals surface area contributed by atoms with Gasteiger partial charge in [0.15, 0.2) is 6.61 Å². The molecule has 0 aliphatic carbocycles. The Morgan fingerprint density at radius 2 is 1.86 bits per heavy atom. The number of hydrogen-bond donors (Lipinski definition) is 2. The third kappa shape index (κ3) is 6.35. The number of hydrogen-bond acceptors (Lipinski definition) is 6. The van der Waals surface area contributed by atoms with Gasteiger partial charge in [-0.15, -0.1) is 0 Å². The van der Waals surface area contributed by atoms with Gasteiger partial charge in [-0.2, -0.15) is 0 Å². The Labute approximate surface area is 164 Å². The number of aryl methyl sites for hydroxylation is 1. The highest BCUT2D eigenvalue weighted by Gasteiger charge is 2.13. The van der Waals surface area contributed by atoms with E-state index in [-0.39, 0.29) is 6.42 Å². The van der Waals surface area contributed by atoms with E-state index in [1.807, 2.05) is 37.3 Å². The van der Waals surface area contributed by atoms with E-state index in [1.165, 1.54) is 0 Å². The van der Waals surface area contributed by atoms with Crippen LogP contribution < -0.4 is 11.1 Å². The van der Waals surface area contributed by atoms with Crippen molar-refractivity contribution in [2.75, 3.05) is 6.61 Å². The Morgan fingerprint density at radius 3 is 2.50 bits per heavy atom. The van der Waals surface area contributed by atoms with Crippen LogP contribution in [0.25, 0.3) is 0 Å². The molecule has 0 spiro atoms. The molecule has 0 saturated heterocycles. The molecule has 7 nitrogen and oxygen atoms in total. The molecule has 1 aromatic heterocycles. The van der Waals surface area contributed by atoms with Crippen LogP contribution in [0.2, 0.25) is 0 Å². The molecule has 0 aliphatic rings. The molecule has 0 bridgehead atoms. The van der Waals surface area contributed by atoms with Crippen LogP contribution in [0.15, 0.2) is 65.0 Å². The second kappa shape index (κ2) is 10.0. The second-order valence-corrected chi connectivity index (χ2v) is 6.22. The average Bonchev–Trinajstić information content (AvgIpc) is 2.66. The van der Waals surface area contributed by atoms with E-state index in [0.29, 0.717) is 17.1 Å². The molecule has 1 heterocycles. The van der Waals surface area contributed by atoms with Crippen LogP contribution in [0, 0.1) is 6.92 Å². The van der Waals surface area contributed by atoms with Crippen LogP contribution in [-0.2, 0) is 20.7 Å². The highest BCUT2D eigenvalue weighted by atomic mass is 16.5. The van der Waals surface area contributed by atoms with E-state index in [4.69, 9.17) is 10.5 Å². The number of aliphatic imine (C=N–C) groups is 1. The van der Waals surface area contributed by atoms with Gasteiger partial charge >= 0.3 is 5.97 Å². The molecule has 2 aromatic rings. The van der Waals surface area contributed by atoms with E-state index >= 15 is 0 Å². The Kier molecular flexibility index (Phi) is 7.45. The number of rotatable bonds is 7. The van der Waals surface area contributed by atoms with Crippen molar-refractivity contribution >= 4 is 23.3 Å². The van der Waals surface area contributed by atoms with Crippen LogP contribution in [0.4, 0.5) is 5.69 Å². The van der Waals surface area contributed by atoms with Gasteiger partial charge in [-0.25, -0.2) is 0 Å². The lowest BCUT2D eigenvalue weighted by atomic mass is 10.1. The first-order chi connectivity index (χ1) is 13.4. The normalized spacial score (nSPS) is 12.2. The van der Waals surface area contributed by atoms with Gasteiger partial charge in [0, 0.05) is 17.6 Å². The molecule has 0 aliphatic heterocycles. The highest BCUT2D eigenvalue weighted by molar-refractivity contribution is 6.03. The third-order valence-electron chi connectivity index (χ3n) is 3.89. The van der Waals surface area contributed by atoms with Gasteiger partial charge in [-0.1, -0.05) is 24.3 Å². The zero-order valence-electron chi connectivity index (χ0n) is 16.2. The Bertz CT molecular complexity index is 901. The van der Waals surface area contributed by atoms with Gasteiger partial charge in [-0.05, 0) is 44.5 Å². The van der Waals surface area contributed by atoms with Gasteiger partial charge in [0.1, 0.15) is 0 Å². The van der Waals surface area contributed by atoms with Crippen molar-refractivity contribution in [3.63, 3.8) is 0 Å². The Balaban J connectivity index is 1.94. The first-order valence-electron chi connectivity index (χ1n) is 8.80. The van der Waals surface area contributed by atoms with Gasteiger partial charge in [0.05, 0.1) is 23.5 Å². The maximum atomic E-state index is 12.2. The second-order valence-electron chi connectivity index (χ2n) is 6.22. The number of ether oxygens (including phenoxy) is 1. The number of nitrogens with zero attached hydrogens (tertiary/aromatic N) is 2. The number of amides is 1. The van der Waals surface area contributed by atoms with Crippen LogP contribution in [-0.4, -0.2) is 29.2 Å². The van der Waals surface area contributed by atoms with E-state index in [1.54, 1.807) is 32.2 Å². The Hall–Kier alpha value is -3.48. The van der Waals surface area contributed by atoms with Crippen molar-refractivity contribution < 1.29 is 14.3 Å². The summed E-state index contributed by atoms with van der Waals surface area (Å²) in [6.45, 7) is 4.81. The summed E-state index contributed by atoms with van der Waals surface area (Å²) in [7, 11) is 0. The molecule has 7 heteroatoms. The number of carbonyl (C=O) groups is 2. The summed E-state index contributed by atoms with van der Waals surface area (Å²) in [5, 5.41) is 2.66. The minimum atomic E-state index is -0.504. The molecule has 3 N–H and O–H groups in total. The quantitative estimate of drug-likeness (QED) is 0.567. The van der Waals surface area contributed by atoms with Crippen molar-refractivity contribution in [1.82, 2.24) is 10.3 Å². The van der Waals surface area contributed by atoms with Gasteiger partial charge < -0.3 is 15.8 Å². The average molecular weight is 380 g/mol. The molecule has 0 saturated carbocycles. The number of carbonyl (C=O) groups excluding carboxylic acids is 2. The van der Waals surface area contributed by atoms with Crippen LogP contribution in [0.3, 0.4) is 0 Å². The molecule has 0 radical (unpaired) electrons. The molecule has 2 rings (SSSR count). The fourth-order valence-electron chi connectivity index (χ4n) is 2.46. The minimum Gasteiger partial charge on any atom is -0.455 e. The summed E-state index contributed by atoms with van der Waals surface area (Å²) in [5.41, 5.74) is 9.49. The number of aromatic nitrogens is 1. The smallest absolute Gasteiger partial charge is 0.310 e. The lowest BCUT2D eigenvalue weighted by Crippen LogP contribution is -2.32. The largest absolute Gasteiger partial charge is 0.455 e. The minimum absolute atomic E-state index is 0.0556. The number of nitrogens with one attached hydrogen (secondary N) is 1. The van der Waals surface area contributed by atoms with Gasteiger partial charge in [-0.3, -0.25) is 19.6 Å². The van der Waals surface area contributed by atoms with Crippen LogP contribution in [0.5, 0.6) is 0 Å². The molecular weight excluding hydrogens is 356 g/mol. The van der Waals surface area contributed by atoms with Crippen molar-refractivity contribution in [1.29, 1.82) is 0 Å². The fourth-order valence-corrected chi connectivity index (χ4v) is 2.46. The molecule has 146 valence electrons. The first-order valence-corrected chi connectivity index (χ1v) is 8.80. The fraction of sp³-hybridized carbons (Fsp3) is 0.238. The standard InChI is InChI=1S/C21H24N4O3/c1-14(22)21(16(3)24-18-9-5-4-6-10-18)25-19(26)13-28-20(27)12-17-8-7-11-23-15(17)2/h4-11H,12-13,22H2,1-3H3,(H,25,26). The highest BCUT2D eigenvalue weighted by Crippen LogP contribution is 2.12. The van der Waals surface area contributed by atoms with Crippen molar-refractivity contribution in [3.8, 4) is 0 Å². The summed E-state index contributed by atoms with van der Waals surface area (Å²) in [6.07, 6.45) is 1.71. The first kappa shape index (κ1) is 20.8. The molecule has 0 atom stereocenters. The molecule has 1 amide bonds. The Morgan fingerprint density at radius 1 is 1.14 bits per heavy atom. The predicted molar refractivity (Wildman–Crippen MR) is 108 cm³/mol. The zero-order chi connectivity index (χ0) is 20.5. The molecular formula is C21H24N4O3. The van der Waals surface area contributed by atoms with E-state index < -0.39 is 18.5 Å². The lowest BCUT2D eigenvalue weighted by molar-refractivity contribution is -0.147. The van der Waals surface area contributed by atoms with E-state index in [0.717, 1.165) is 16.9 Å². The lowest BCUT2D eigenvalue weighted by Gasteiger charge is -2.12. The number of allylic oxidation sites excluding steroid dienone is 2. The number of pyridine rings is 1. The van der Waals surface area contributed by atoms with Crippen molar-refractivity contribution in [2.45, 2.75) is 27.2 Å². The third-order valence-corrected chi connectivity index (χ3v) is 3.89. The number of esters is 1. The number of nitrogens with two attached hydrogens (primary N) is 1. The number of benzene rings is 1. The summed E-state index contributed by atoms with van der Waals surface area (Å²) in [5.74, 6) is -0.991. The topological polar surface area (TPSA) is 107 Å². The summed E-state index contributed by atoms with van der Waals surface area (Å²) >= 11 is 0. The molecule has 28 heavy (non-hydrogen) atoms. The summed E-state index contributed by atoms with van der Waals surface area (Å²) < 4.78 is 5.06. The predicted octanol–water partition coefficient (Wildman–Crippen LogP) is 2.57. The zero-order valence-corrected chi connectivity index (χ0v) is 16.2. The number of para-hydroxylation sites is 1. The maximum absolute atomic E-state index is 12.2. The summed E-state index contributed by atoms with van der Waals surface area (Å²) in [4.78, 5) is 32.7.